The van der Waals surface area contributed by atoms with E-state index in [-0.39, 0.29) is 84.6 Å². The molecule has 0 aromatic rings. The number of nitrogens with one attached hydrogen (secondary N) is 3. The zero-order valence-electron chi connectivity index (χ0n) is 49.1. The molecule has 11 heteroatoms. The molecular weight excluding hydrogens is 935 g/mol. The fraction of sp³-hybridized carbons (Fsp3) is 0.921. The van der Waals surface area contributed by atoms with E-state index in [0.29, 0.717) is 17.8 Å². The standard InChI is InChI=1S/C27H47N3O3.2C18H36O2.Mg/c1-18-7-4-10-22(13-18)28-25(31)16-21(27(33)30-24-12-6-9-20(3)15-24)17-26(32)29-23-11-5-8-19(2)14-23;2*1-2-3-4-5-6-7-8-9-10-11-12-13-14-15-16-17-18(19)20;/h18-24H,4-17H2,1-3H3,(H,28,31)(H,29,32)(H,30,33);2*2-17H2,1H3,(H,19,20);/q;;;+2/p-2. The van der Waals surface area contributed by atoms with Gasteiger partial charge in [-0.05, 0) is 82.0 Å². The Kier molecular flexibility index (Phi) is 49.3. The largest absolute Gasteiger partial charge is 2.00 e. The monoisotopic (exact) mass is 1050 g/mol. The first-order valence-corrected chi connectivity index (χ1v) is 31.6. The van der Waals surface area contributed by atoms with E-state index in [2.05, 4.69) is 50.6 Å². The Hall–Kier alpha value is -1.88. The van der Waals surface area contributed by atoms with Crippen LogP contribution < -0.4 is 26.2 Å². The summed E-state index contributed by atoms with van der Waals surface area (Å²) in [4.78, 5) is 59.4. The van der Waals surface area contributed by atoms with Crippen molar-refractivity contribution in [2.24, 2.45) is 23.7 Å². The fourth-order valence-electron chi connectivity index (χ4n) is 11.6. The smallest absolute Gasteiger partial charge is 0.550 e. The maximum Gasteiger partial charge on any atom is 2.00 e. The van der Waals surface area contributed by atoms with Crippen molar-refractivity contribution >= 4 is 52.7 Å². The first-order chi connectivity index (χ1) is 35.3. The normalized spacial score (nSPS) is 20.8. The van der Waals surface area contributed by atoms with Gasteiger partial charge >= 0.3 is 23.1 Å². The van der Waals surface area contributed by atoms with Crippen LogP contribution in [0.2, 0.25) is 0 Å². The Balaban J connectivity index is 0.00000114. The van der Waals surface area contributed by atoms with Crippen LogP contribution in [0.1, 0.15) is 330 Å². The van der Waals surface area contributed by atoms with Gasteiger partial charge in [-0.25, -0.2) is 0 Å². The third-order valence-electron chi connectivity index (χ3n) is 16.1. The van der Waals surface area contributed by atoms with E-state index in [1.54, 1.807) is 0 Å². The second kappa shape index (κ2) is 50.6. The summed E-state index contributed by atoms with van der Waals surface area (Å²) < 4.78 is 0. The molecule has 0 aromatic carbocycles. The number of carboxylic acid groups (broad SMARTS) is 2. The van der Waals surface area contributed by atoms with Crippen molar-refractivity contribution in [2.45, 2.75) is 348 Å². The molecule has 3 rings (SSSR count). The molecule has 3 fully saturated rings. The van der Waals surface area contributed by atoms with Crippen LogP contribution in [0.3, 0.4) is 0 Å². The summed E-state index contributed by atoms with van der Waals surface area (Å²) in [5.41, 5.74) is 0. The van der Waals surface area contributed by atoms with E-state index in [0.717, 1.165) is 83.5 Å². The molecule has 3 aliphatic rings. The van der Waals surface area contributed by atoms with Crippen molar-refractivity contribution in [1.82, 2.24) is 16.0 Å². The number of hydrogen-bond acceptors (Lipinski definition) is 7. The van der Waals surface area contributed by atoms with E-state index in [4.69, 9.17) is 0 Å². The summed E-state index contributed by atoms with van der Waals surface area (Å²) in [6.45, 7) is 11.2. The zero-order chi connectivity index (χ0) is 53.6. The molecule has 3 aliphatic carbocycles. The number of carboxylic acids is 2. The average molecular weight is 1050 g/mol. The summed E-state index contributed by atoms with van der Waals surface area (Å²) in [5.74, 6) is -0.872. The number of carbonyl (C=O) groups excluding carboxylic acids is 5. The van der Waals surface area contributed by atoms with E-state index in [1.165, 1.54) is 186 Å². The first kappa shape index (κ1) is 72.1. The second-order valence-electron chi connectivity index (χ2n) is 23.8. The number of rotatable bonds is 40. The summed E-state index contributed by atoms with van der Waals surface area (Å²) in [6, 6.07) is 0.552. The zero-order valence-corrected chi connectivity index (χ0v) is 50.5. The van der Waals surface area contributed by atoms with Crippen molar-refractivity contribution in [3.05, 3.63) is 0 Å². The van der Waals surface area contributed by atoms with Gasteiger partial charge in [-0.15, -0.1) is 0 Å². The van der Waals surface area contributed by atoms with Crippen LogP contribution in [0.5, 0.6) is 0 Å². The van der Waals surface area contributed by atoms with Gasteiger partial charge in [0.05, 0.1) is 5.92 Å². The van der Waals surface area contributed by atoms with Gasteiger partial charge in [0.25, 0.3) is 0 Å². The van der Waals surface area contributed by atoms with Crippen LogP contribution in [0.25, 0.3) is 0 Å². The van der Waals surface area contributed by atoms with Crippen molar-refractivity contribution < 1.29 is 34.2 Å². The summed E-state index contributed by atoms with van der Waals surface area (Å²) in [7, 11) is 0. The van der Waals surface area contributed by atoms with E-state index in [9.17, 15) is 34.2 Å². The van der Waals surface area contributed by atoms with Crippen LogP contribution in [-0.4, -0.2) is 70.8 Å². The van der Waals surface area contributed by atoms with Crippen LogP contribution >= 0.6 is 0 Å². The molecule has 10 nitrogen and oxygen atoms in total. The molecular formula is C63H117MgN3O7. The quantitative estimate of drug-likeness (QED) is 0.0405. The molecule has 3 saturated carbocycles. The number of unbranched alkanes of at least 4 members (excludes halogenated alkanes) is 28. The second-order valence-corrected chi connectivity index (χ2v) is 23.8. The Labute approximate surface area is 472 Å². The predicted molar refractivity (Wildman–Crippen MR) is 306 cm³/mol. The topological polar surface area (TPSA) is 168 Å². The third-order valence-corrected chi connectivity index (χ3v) is 16.1. The molecule has 6 atom stereocenters. The Morgan fingerprint density at radius 1 is 0.378 bits per heavy atom. The van der Waals surface area contributed by atoms with Gasteiger partial charge in [-0.1, -0.05) is 253 Å². The SMILES string of the molecule is CC1CCCC(NC(=O)CC(CC(=O)NC2CCCC(C)C2)C(=O)NC2CCCC(C)C2)C1.CCCCCCCCCCCCCCCCCC(=O)[O-].CCCCCCCCCCCCCCCCCC(=O)[O-].[Mg+2]. The summed E-state index contributed by atoms with van der Waals surface area (Å²) in [6.07, 6.45) is 52.9. The number of carbonyl (C=O) groups is 5. The minimum atomic E-state index is -0.903. The van der Waals surface area contributed by atoms with Gasteiger partial charge in [0.15, 0.2) is 0 Å². The van der Waals surface area contributed by atoms with Crippen molar-refractivity contribution in [1.29, 1.82) is 0 Å². The van der Waals surface area contributed by atoms with Gasteiger partial charge in [0.1, 0.15) is 0 Å². The molecule has 6 unspecified atom stereocenters. The molecule has 428 valence electrons. The van der Waals surface area contributed by atoms with Crippen LogP contribution in [0.15, 0.2) is 0 Å². The molecule has 3 amide bonds. The molecule has 0 saturated heterocycles. The van der Waals surface area contributed by atoms with Crippen LogP contribution in [0.4, 0.5) is 0 Å². The van der Waals surface area contributed by atoms with Crippen LogP contribution in [0, 0.1) is 23.7 Å². The number of amides is 3. The molecule has 0 heterocycles. The van der Waals surface area contributed by atoms with Gasteiger partial charge < -0.3 is 35.8 Å². The van der Waals surface area contributed by atoms with E-state index < -0.39 is 17.9 Å². The molecule has 0 radical (unpaired) electrons. The number of aliphatic carboxylic acids is 2. The molecule has 3 N–H and O–H groups in total. The van der Waals surface area contributed by atoms with Gasteiger partial charge in [0, 0.05) is 42.9 Å². The molecule has 0 bridgehead atoms. The molecule has 74 heavy (non-hydrogen) atoms. The van der Waals surface area contributed by atoms with Gasteiger partial charge in [0.2, 0.25) is 17.7 Å². The molecule has 0 aliphatic heterocycles. The maximum absolute atomic E-state index is 13.2. The number of hydrogen-bond donors (Lipinski definition) is 3. The predicted octanol–water partition coefficient (Wildman–Crippen LogP) is 14.1. The van der Waals surface area contributed by atoms with Gasteiger partial charge in [-0.2, -0.15) is 0 Å². The summed E-state index contributed by atoms with van der Waals surface area (Å²) >= 11 is 0. The van der Waals surface area contributed by atoms with Crippen molar-refractivity contribution in [3.8, 4) is 0 Å². The van der Waals surface area contributed by atoms with E-state index in [1.807, 2.05) is 0 Å². The summed E-state index contributed by atoms with van der Waals surface area (Å²) in [5, 5.41) is 29.9. The van der Waals surface area contributed by atoms with Crippen LogP contribution in [-0.2, 0) is 24.0 Å². The minimum Gasteiger partial charge on any atom is -0.550 e. The van der Waals surface area contributed by atoms with Gasteiger partial charge in [-0.3, -0.25) is 14.4 Å². The Morgan fingerprint density at radius 2 is 0.622 bits per heavy atom. The Morgan fingerprint density at radius 3 is 0.865 bits per heavy atom. The average Bonchev–Trinajstić information content (AvgIpc) is 3.34. The molecule has 0 spiro atoms. The molecule has 0 aromatic heterocycles. The van der Waals surface area contributed by atoms with Crippen molar-refractivity contribution in [3.63, 3.8) is 0 Å². The third kappa shape index (κ3) is 45.2. The fourth-order valence-corrected chi connectivity index (χ4v) is 11.6. The minimum absolute atomic E-state index is 0. The van der Waals surface area contributed by atoms with E-state index >= 15 is 0 Å². The van der Waals surface area contributed by atoms with Crippen molar-refractivity contribution in [2.75, 3.05) is 0 Å². The first-order valence-electron chi connectivity index (χ1n) is 31.6. The maximum atomic E-state index is 13.2. The Bertz CT molecular complexity index is 1290.